The number of fused-ring (bicyclic) bond motifs is 5. The van der Waals surface area contributed by atoms with Crippen LogP contribution >= 0.6 is 0 Å². The molecule has 2 nitrogen and oxygen atoms in total. The maximum Gasteiger partial charge on any atom is 0.0361 e. The van der Waals surface area contributed by atoms with Crippen LogP contribution in [0.4, 0.5) is 11.4 Å². The lowest BCUT2D eigenvalue weighted by molar-refractivity contribution is 0.961. The van der Waals surface area contributed by atoms with E-state index in [2.05, 4.69) is 159 Å². The van der Waals surface area contributed by atoms with Crippen LogP contribution in [-0.4, -0.2) is 28.2 Å². The maximum absolute atomic E-state index is 2.37. The Balaban J connectivity index is 1.24. The average Bonchev–Trinajstić information content (AvgIpc) is 2.98. The molecule has 0 aliphatic heterocycles. The summed E-state index contributed by atoms with van der Waals surface area (Å²) in [7, 11) is 8.28. The van der Waals surface area contributed by atoms with Gasteiger partial charge >= 0.3 is 0 Å². The summed E-state index contributed by atoms with van der Waals surface area (Å²) in [5, 5.41) is 5.34. The Morgan fingerprint density at radius 3 is 1.70 bits per heavy atom. The van der Waals surface area contributed by atoms with Crippen molar-refractivity contribution in [3.63, 3.8) is 0 Å². The van der Waals surface area contributed by atoms with Crippen LogP contribution in [0, 0.1) is 0 Å². The highest BCUT2D eigenvalue weighted by Crippen LogP contribution is 2.35. The average molecular weight is 521 g/mol. The molecule has 6 rings (SSSR count). The second-order valence-corrected chi connectivity index (χ2v) is 11.1. The monoisotopic (exact) mass is 520 g/mol. The van der Waals surface area contributed by atoms with Crippen molar-refractivity contribution in [3.05, 3.63) is 130 Å². The molecule has 5 aromatic carbocycles. The summed E-state index contributed by atoms with van der Waals surface area (Å²) in [6, 6.07) is 33.4. The van der Waals surface area contributed by atoms with Crippen LogP contribution < -0.4 is 9.80 Å². The highest BCUT2D eigenvalue weighted by molar-refractivity contribution is 6.10. The molecule has 0 N–H and O–H groups in total. The van der Waals surface area contributed by atoms with E-state index in [9.17, 15) is 0 Å². The summed E-state index contributed by atoms with van der Waals surface area (Å²) in [5.41, 5.74) is 10.3. The van der Waals surface area contributed by atoms with Crippen LogP contribution in [0.5, 0.6) is 0 Å². The fourth-order valence-corrected chi connectivity index (χ4v) is 5.60. The second kappa shape index (κ2) is 10.9. The molecule has 1 aliphatic carbocycles. The van der Waals surface area contributed by atoms with Crippen molar-refractivity contribution in [2.24, 2.45) is 0 Å². The predicted octanol–water partition coefficient (Wildman–Crippen LogP) is 9.34. The molecule has 40 heavy (non-hydrogen) atoms. The third-order valence-corrected chi connectivity index (χ3v) is 7.97. The highest BCUT2D eigenvalue weighted by atomic mass is 15.1. The summed E-state index contributed by atoms with van der Waals surface area (Å²) >= 11 is 0. The lowest BCUT2D eigenvalue weighted by Gasteiger charge is -2.18. The molecule has 0 aromatic heterocycles. The summed E-state index contributed by atoms with van der Waals surface area (Å²) in [6.45, 7) is 0. The third kappa shape index (κ3) is 5.31. The van der Waals surface area contributed by atoms with E-state index in [1.807, 2.05) is 0 Å². The van der Waals surface area contributed by atoms with Crippen LogP contribution in [0.25, 0.3) is 45.8 Å². The third-order valence-electron chi connectivity index (χ3n) is 7.97. The second-order valence-electron chi connectivity index (χ2n) is 11.1. The summed E-state index contributed by atoms with van der Waals surface area (Å²) in [5.74, 6) is 0. The van der Waals surface area contributed by atoms with Gasteiger partial charge in [-0.2, -0.15) is 0 Å². The minimum Gasteiger partial charge on any atom is -0.378 e. The zero-order valence-corrected chi connectivity index (χ0v) is 23.9. The Morgan fingerprint density at radius 2 is 1.05 bits per heavy atom. The Hall–Kier alpha value is -4.56. The number of nitrogens with zero attached hydrogens (tertiary/aromatic N) is 2. The molecular weight excluding hydrogens is 484 g/mol. The first-order valence-electron chi connectivity index (χ1n) is 14.0. The fraction of sp³-hybridized carbons (Fsp3) is 0.158. The molecule has 0 radical (unpaired) electrons. The first-order chi connectivity index (χ1) is 19.4. The summed E-state index contributed by atoms with van der Waals surface area (Å²) < 4.78 is 0. The van der Waals surface area contributed by atoms with Gasteiger partial charge in [0.2, 0.25) is 0 Å². The van der Waals surface area contributed by atoms with E-state index in [-0.39, 0.29) is 0 Å². The first-order valence-corrected chi connectivity index (χ1v) is 14.0. The molecule has 0 atom stereocenters. The number of benzene rings is 5. The van der Waals surface area contributed by atoms with Gasteiger partial charge in [-0.05, 0) is 98.1 Å². The minimum absolute atomic E-state index is 1.07. The van der Waals surface area contributed by atoms with E-state index >= 15 is 0 Å². The molecule has 0 unspecified atom stereocenters. The number of rotatable bonds is 6. The lowest BCUT2D eigenvalue weighted by atomic mass is 9.86. The Labute approximate surface area is 238 Å². The van der Waals surface area contributed by atoms with Crippen LogP contribution in [0.1, 0.15) is 34.2 Å². The molecular formula is C38H36N2. The van der Waals surface area contributed by atoms with Crippen molar-refractivity contribution >= 4 is 57.2 Å². The van der Waals surface area contributed by atoms with Crippen molar-refractivity contribution in [2.75, 3.05) is 38.0 Å². The van der Waals surface area contributed by atoms with Gasteiger partial charge in [0.15, 0.2) is 0 Å². The molecule has 0 amide bonds. The molecule has 1 aliphatic rings. The predicted molar refractivity (Wildman–Crippen MR) is 177 cm³/mol. The molecule has 0 heterocycles. The standard InChI is InChI=1S/C38H36N2/c1-39(2)33-17-9-27(10-18-33)5-7-29-13-21-35-31(25-29)15-23-38-36-22-14-30(26-32(36)16-24-37(35)38)8-6-28-11-19-34(20-12-28)40(3)4/h5-13,15-21,23-26H,14,22H2,1-4H3/b7-5+,8-6+. The van der Waals surface area contributed by atoms with Gasteiger partial charge in [-0.1, -0.05) is 91.0 Å². The van der Waals surface area contributed by atoms with Gasteiger partial charge in [-0.25, -0.2) is 0 Å². The molecule has 2 heteroatoms. The minimum atomic E-state index is 1.07. The quantitative estimate of drug-likeness (QED) is 0.163. The molecule has 5 aromatic rings. The van der Waals surface area contributed by atoms with E-state index in [4.69, 9.17) is 0 Å². The molecule has 0 bridgehead atoms. The Morgan fingerprint density at radius 1 is 0.500 bits per heavy atom. The maximum atomic E-state index is 2.37. The van der Waals surface area contributed by atoms with Crippen molar-refractivity contribution < 1.29 is 0 Å². The van der Waals surface area contributed by atoms with Crippen LogP contribution in [0.3, 0.4) is 0 Å². The number of hydrogen-bond acceptors (Lipinski definition) is 2. The zero-order valence-electron chi connectivity index (χ0n) is 23.9. The lowest BCUT2D eigenvalue weighted by Crippen LogP contribution is -2.07. The van der Waals surface area contributed by atoms with Crippen LogP contribution in [0.15, 0.2) is 103 Å². The van der Waals surface area contributed by atoms with E-state index in [0.717, 1.165) is 12.8 Å². The van der Waals surface area contributed by atoms with Gasteiger partial charge in [0.05, 0.1) is 0 Å². The van der Waals surface area contributed by atoms with E-state index < -0.39 is 0 Å². The topological polar surface area (TPSA) is 6.48 Å². The van der Waals surface area contributed by atoms with Crippen LogP contribution in [-0.2, 0) is 6.42 Å². The Kier molecular flexibility index (Phi) is 7.00. The largest absolute Gasteiger partial charge is 0.378 e. The zero-order chi connectivity index (χ0) is 27.6. The van der Waals surface area contributed by atoms with Crippen molar-refractivity contribution in [1.29, 1.82) is 0 Å². The smallest absolute Gasteiger partial charge is 0.0361 e. The van der Waals surface area contributed by atoms with Gasteiger partial charge < -0.3 is 9.80 Å². The molecule has 198 valence electrons. The van der Waals surface area contributed by atoms with E-state index in [0.29, 0.717) is 0 Å². The molecule has 0 fully saturated rings. The molecule has 0 saturated carbocycles. The van der Waals surface area contributed by atoms with Gasteiger partial charge in [-0.3, -0.25) is 0 Å². The van der Waals surface area contributed by atoms with Gasteiger partial charge in [0.25, 0.3) is 0 Å². The van der Waals surface area contributed by atoms with Crippen molar-refractivity contribution in [1.82, 2.24) is 0 Å². The van der Waals surface area contributed by atoms with Crippen molar-refractivity contribution in [3.8, 4) is 0 Å². The van der Waals surface area contributed by atoms with Gasteiger partial charge in [0.1, 0.15) is 0 Å². The first kappa shape index (κ1) is 25.7. The molecule has 0 saturated heterocycles. The van der Waals surface area contributed by atoms with Gasteiger partial charge in [-0.15, -0.1) is 0 Å². The molecule has 0 spiro atoms. The number of hydrogen-bond donors (Lipinski definition) is 0. The van der Waals surface area contributed by atoms with Crippen LogP contribution in [0.2, 0.25) is 0 Å². The number of aryl methyl sites for hydroxylation is 1. The van der Waals surface area contributed by atoms with Gasteiger partial charge in [0, 0.05) is 39.6 Å². The SMILES string of the molecule is CN(C)c1ccc(/C=C/C2=Cc3ccc4c(ccc5cc(/C=C/c6ccc(N(C)C)cc6)ccc54)c3CC2)cc1. The number of anilines is 2. The normalized spacial score (nSPS) is 13.2. The Bertz CT molecular complexity index is 1770. The summed E-state index contributed by atoms with van der Waals surface area (Å²) in [4.78, 5) is 4.25. The van der Waals surface area contributed by atoms with E-state index in [1.54, 1.807) is 0 Å². The van der Waals surface area contributed by atoms with Crippen molar-refractivity contribution in [2.45, 2.75) is 12.8 Å². The number of allylic oxidation sites excluding steroid dienone is 2. The van der Waals surface area contributed by atoms with E-state index in [1.165, 1.54) is 66.3 Å². The highest BCUT2D eigenvalue weighted by Gasteiger charge is 2.13. The summed E-state index contributed by atoms with van der Waals surface area (Å²) in [6.07, 6.45) is 13.4. The fourth-order valence-electron chi connectivity index (χ4n) is 5.60.